The van der Waals surface area contributed by atoms with Crippen molar-refractivity contribution < 1.29 is 9.59 Å². The largest absolute Gasteiger partial charge is 0.322 e. The summed E-state index contributed by atoms with van der Waals surface area (Å²) >= 11 is 1.36. The molecule has 3 aromatic carbocycles. The Kier molecular flexibility index (Phi) is 5.91. The molecular formula is C25H21N3O2S. The van der Waals surface area contributed by atoms with Gasteiger partial charge in [-0.25, -0.2) is 4.98 Å². The predicted molar refractivity (Wildman–Crippen MR) is 126 cm³/mol. The Morgan fingerprint density at radius 3 is 1.97 bits per heavy atom. The SMILES string of the molecule is Cc1ccc(C(=O)Nc2cccc(-c3csc(NC(=O)c4ccc(C)cc4)n3)c2)cc1. The van der Waals surface area contributed by atoms with E-state index in [1.807, 2.05) is 67.8 Å². The van der Waals surface area contributed by atoms with Crippen LogP contribution in [0.1, 0.15) is 31.8 Å². The lowest BCUT2D eigenvalue weighted by molar-refractivity contribution is 0.101. The Bertz CT molecular complexity index is 1230. The number of nitrogens with zero attached hydrogens (tertiary/aromatic N) is 1. The molecule has 0 unspecified atom stereocenters. The summed E-state index contributed by atoms with van der Waals surface area (Å²) in [6, 6.07) is 22.3. The zero-order valence-corrected chi connectivity index (χ0v) is 18.0. The second kappa shape index (κ2) is 8.93. The highest BCUT2D eigenvalue weighted by atomic mass is 32.1. The Balaban J connectivity index is 1.46. The molecule has 0 saturated heterocycles. The number of anilines is 2. The number of hydrogen-bond acceptors (Lipinski definition) is 4. The lowest BCUT2D eigenvalue weighted by Crippen LogP contribution is -2.12. The zero-order chi connectivity index (χ0) is 21.8. The molecule has 4 rings (SSSR count). The normalized spacial score (nSPS) is 10.5. The van der Waals surface area contributed by atoms with Crippen LogP contribution < -0.4 is 10.6 Å². The summed E-state index contributed by atoms with van der Waals surface area (Å²) in [5.74, 6) is -0.360. The number of rotatable bonds is 5. The van der Waals surface area contributed by atoms with Gasteiger partial charge in [-0.3, -0.25) is 14.9 Å². The lowest BCUT2D eigenvalue weighted by atomic mass is 10.1. The van der Waals surface area contributed by atoms with Crippen molar-refractivity contribution in [3.8, 4) is 11.3 Å². The molecule has 0 bridgehead atoms. The maximum Gasteiger partial charge on any atom is 0.257 e. The minimum absolute atomic E-state index is 0.165. The van der Waals surface area contributed by atoms with Gasteiger partial charge in [-0.2, -0.15) is 0 Å². The number of aromatic nitrogens is 1. The number of thiazole rings is 1. The number of carbonyl (C=O) groups is 2. The van der Waals surface area contributed by atoms with Crippen LogP contribution in [0.2, 0.25) is 0 Å². The number of amides is 2. The molecule has 0 aliphatic carbocycles. The van der Waals surface area contributed by atoms with Gasteiger partial charge in [0.05, 0.1) is 5.69 Å². The van der Waals surface area contributed by atoms with E-state index in [4.69, 9.17) is 0 Å². The van der Waals surface area contributed by atoms with Crippen LogP contribution in [0.15, 0.2) is 78.2 Å². The average Bonchev–Trinajstić information content (AvgIpc) is 3.23. The first kappa shape index (κ1) is 20.5. The first-order valence-electron chi connectivity index (χ1n) is 9.80. The number of benzene rings is 3. The van der Waals surface area contributed by atoms with E-state index >= 15 is 0 Å². The van der Waals surface area contributed by atoms with E-state index in [1.165, 1.54) is 11.3 Å². The van der Waals surface area contributed by atoms with Gasteiger partial charge in [0.25, 0.3) is 11.8 Å². The highest BCUT2D eigenvalue weighted by molar-refractivity contribution is 7.14. The monoisotopic (exact) mass is 427 g/mol. The summed E-state index contributed by atoms with van der Waals surface area (Å²) in [6.07, 6.45) is 0. The number of aryl methyl sites for hydroxylation is 2. The summed E-state index contributed by atoms with van der Waals surface area (Å²) < 4.78 is 0. The van der Waals surface area contributed by atoms with Crippen molar-refractivity contribution in [3.05, 3.63) is 100 Å². The zero-order valence-electron chi connectivity index (χ0n) is 17.2. The van der Waals surface area contributed by atoms with Gasteiger partial charge in [-0.1, -0.05) is 47.5 Å². The van der Waals surface area contributed by atoms with E-state index in [9.17, 15) is 9.59 Å². The molecule has 0 fully saturated rings. The Morgan fingerprint density at radius 1 is 0.774 bits per heavy atom. The molecule has 0 spiro atoms. The highest BCUT2D eigenvalue weighted by Gasteiger charge is 2.11. The first-order valence-corrected chi connectivity index (χ1v) is 10.7. The highest BCUT2D eigenvalue weighted by Crippen LogP contribution is 2.27. The van der Waals surface area contributed by atoms with Gasteiger partial charge in [0, 0.05) is 27.8 Å². The third-order valence-corrected chi connectivity index (χ3v) is 5.53. The summed E-state index contributed by atoms with van der Waals surface area (Å²) in [5.41, 5.74) is 5.66. The quantitative estimate of drug-likeness (QED) is 0.415. The maximum atomic E-state index is 12.5. The second-order valence-electron chi connectivity index (χ2n) is 7.26. The smallest absolute Gasteiger partial charge is 0.257 e. The molecule has 154 valence electrons. The van der Waals surface area contributed by atoms with Crippen molar-refractivity contribution in [1.29, 1.82) is 0 Å². The maximum absolute atomic E-state index is 12.5. The minimum Gasteiger partial charge on any atom is -0.322 e. The fourth-order valence-corrected chi connectivity index (χ4v) is 3.72. The van der Waals surface area contributed by atoms with E-state index < -0.39 is 0 Å². The molecule has 1 heterocycles. The molecule has 2 amide bonds. The summed E-state index contributed by atoms with van der Waals surface area (Å²) in [6.45, 7) is 3.96. The summed E-state index contributed by atoms with van der Waals surface area (Å²) in [7, 11) is 0. The third-order valence-electron chi connectivity index (χ3n) is 4.77. The Labute approximate surface area is 184 Å². The molecule has 0 saturated carbocycles. The van der Waals surface area contributed by atoms with Crippen LogP contribution in [0, 0.1) is 13.8 Å². The number of nitrogens with one attached hydrogen (secondary N) is 2. The van der Waals surface area contributed by atoms with E-state index in [1.54, 1.807) is 24.3 Å². The third kappa shape index (κ3) is 5.05. The summed E-state index contributed by atoms with van der Waals surface area (Å²) in [5, 5.41) is 8.16. The topological polar surface area (TPSA) is 71.1 Å². The Hall–Kier alpha value is -3.77. The number of carbonyl (C=O) groups excluding carboxylic acids is 2. The van der Waals surface area contributed by atoms with Gasteiger partial charge in [0.2, 0.25) is 0 Å². The average molecular weight is 428 g/mol. The van der Waals surface area contributed by atoms with Crippen LogP contribution in [0.25, 0.3) is 11.3 Å². The predicted octanol–water partition coefficient (Wildman–Crippen LogP) is 5.93. The molecule has 2 N–H and O–H groups in total. The molecule has 31 heavy (non-hydrogen) atoms. The molecule has 0 radical (unpaired) electrons. The first-order chi connectivity index (χ1) is 15.0. The van der Waals surface area contributed by atoms with E-state index in [-0.39, 0.29) is 11.8 Å². The van der Waals surface area contributed by atoms with Gasteiger partial charge in [0.1, 0.15) is 0 Å². The fraction of sp³-hybridized carbons (Fsp3) is 0.0800. The van der Waals surface area contributed by atoms with Crippen molar-refractivity contribution >= 4 is 34.0 Å². The van der Waals surface area contributed by atoms with Crippen LogP contribution in [-0.4, -0.2) is 16.8 Å². The molecule has 1 aromatic heterocycles. The minimum atomic E-state index is -0.194. The van der Waals surface area contributed by atoms with Gasteiger partial charge < -0.3 is 5.32 Å². The van der Waals surface area contributed by atoms with Crippen molar-refractivity contribution in [2.75, 3.05) is 10.6 Å². The van der Waals surface area contributed by atoms with Crippen LogP contribution >= 0.6 is 11.3 Å². The van der Waals surface area contributed by atoms with Gasteiger partial charge in [0.15, 0.2) is 5.13 Å². The summed E-state index contributed by atoms with van der Waals surface area (Å²) in [4.78, 5) is 29.4. The molecular weight excluding hydrogens is 406 g/mol. The second-order valence-corrected chi connectivity index (χ2v) is 8.12. The van der Waals surface area contributed by atoms with Crippen LogP contribution in [0.5, 0.6) is 0 Å². The van der Waals surface area contributed by atoms with Crippen LogP contribution in [0.4, 0.5) is 10.8 Å². The van der Waals surface area contributed by atoms with Crippen molar-refractivity contribution in [1.82, 2.24) is 4.98 Å². The van der Waals surface area contributed by atoms with E-state index in [0.717, 1.165) is 22.4 Å². The molecule has 0 atom stereocenters. The van der Waals surface area contributed by atoms with Gasteiger partial charge in [-0.05, 0) is 50.2 Å². The molecule has 0 aliphatic heterocycles. The molecule has 0 aliphatic rings. The number of hydrogen-bond donors (Lipinski definition) is 2. The van der Waals surface area contributed by atoms with Crippen molar-refractivity contribution in [3.63, 3.8) is 0 Å². The van der Waals surface area contributed by atoms with Crippen LogP contribution in [-0.2, 0) is 0 Å². The van der Waals surface area contributed by atoms with Crippen molar-refractivity contribution in [2.24, 2.45) is 0 Å². The van der Waals surface area contributed by atoms with Crippen molar-refractivity contribution in [2.45, 2.75) is 13.8 Å². The van der Waals surface area contributed by atoms with E-state index in [0.29, 0.717) is 21.9 Å². The molecule has 5 nitrogen and oxygen atoms in total. The Morgan fingerprint density at radius 2 is 1.35 bits per heavy atom. The van der Waals surface area contributed by atoms with Gasteiger partial charge >= 0.3 is 0 Å². The molecule has 6 heteroatoms. The lowest BCUT2D eigenvalue weighted by Gasteiger charge is -2.07. The fourth-order valence-electron chi connectivity index (χ4n) is 3.00. The molecule has 4 aromatic rings. The van der Waals surface area contributed by atoms with Crippen LogP contribution in [0.3, 0.4) is 0 Å². The van der Waals surface area contributed by atoms with E-state index in [2.05, 4.69) is 15.6 Å². The standard InChI is InChI=1S/C25H21N3O2S/c1-16-6-10-18(11-7-16)23(29)26-21-5-3-4-20(14-21)22-15-31-25(27-22)28-24(30)19-12-8-17(2)9-13-19/h3-15H,1-2H3,(H,26,29)(H,27,28,30). The van der Waals surface area contributed by atoms with Gasteiger partial charge in [-0.15, -0.1) is 11.3 Å².